The molecule has 1 aromatic heterocycles. The lowest BCUT2D eigenvalue weighted by molar-refractivity contribution is -0.162. The van der Waals surface area contributed by atoms with Gasteiger partial charge >= 0.3 is 0 Å². The lowest BCUT2D eigenvalue weighted by Gasteiger charge is -2.39. The second kappa shape index (κ2) is 5.93. The van der Waals surface area contributed by atoms with Crippen LogP contribution in [-0.2, 0) is 20.7 Å². The van der Waals surface area contributed by atoms with Gasteiger partial charge in [-0.2, -0.15) is 0 Å². The maximum Gasteiger partial charge on any atom is 0.253 e. The van der Waals surface area contributed by atoms with Crippen molar-refractivity contribution in [2.45, 2.75) is 25.9 Å². The smallest absolute Gasteiger partial charge is 0.253 e. The topological polar surface area (TPSA) is 58.6 Å². The summed E-state index contributed by atoms with van der Waals surface area (Å²) in [6, 6.07) is 4.00. The van der Waals surface area contributed by atoms with Crippen LogP contribution in [0.5, 0.6) is 0 Å². The Morgan fingerprint density at radius 2 is 2.25 bits per heavy atom. The molecule has 1 aromatic rings. The monoisotopic (exact) mass is 296 g/mol. The first-order valence-corrected chi connectivity index (χ1v) is 7.45. The van der Waals surface area contributed by atoms with E-state index in [-0.39, 0.29) is 11.8 Å². The van der Waals surface area contributed by atoms with Crippen LogP contribution >= 0.6 is 11.3 Å². The Bertz CT molecular complexity index is 514. The van der Waals surface area contributed by atoms with E-state index in [1.165, 1.54) is 4.88 Å². The van der Waals surface area contributed by atoms with Crippen molar-refractivity contribution in [2.24, 2.45) is 0 Å². The number of carbonyl (C=O) groups excluding carboxylic acids is 2. The van der Waals surface area contributed by atoms with Crippen molar-refractivity contribution in [3.8, 4) is 0 Å². The van der Waals surface area contributed by atoms with Gasteiger partial charge in [0.2, 0.25) is 5.91 Å². The Labute approximate surface area is 122 Å². The highest BCUT2D eigenvalue weighted by Crippen LogP contribution is 2.20. The number of nitrogens with zero attached hydrogens (tertiary/aromatic N) is 1. The molecule has 2 amide bonds. The first-order chi connectivity index (χ1) is 9.44. The second-order valence-electron chi connectivity index (χ2n) is 5.16. The van der Waals surface area contributed by atoms with Crippen molar-refractivity contribution in [1.82, 2.24) is 10.2 Å². The van der Waals surface area contributed by atoms with E-state index < -0.39 is 5.60 Å². The van der Waals surface area contributed by atoms with Gasteiger partial charge in [0.15, 0.2) is 5.60 Å². The molecule has 2 heterocycles. The number of amides is 2. The third-order valence-electron chi connectivity index (χ3n) is 3.46. The molecule has 110 valence electrons. The van der Waals surface area contributed by atoms with E-state index in [0.29, 0.717) is 26.1 Å². The summed E-state index contributed by atoms with van der Waals surface area (Å²) in [6.45, 7) is 4.97. The van der Waals surface area contributed by atoms with Crippen molar-refractivity contribution in [3.63, 3.8) is 0 Å². The molecule has 0 saturated carbocycles. The average molecular weight is 296 g/mol. The molecule has 20 heavy (non-hydrogen) atoms. The molecule has 2 rings (SSSR count). The predicted octanol–water partition coefficient (Wildman–Crippen LogP) is 0.963. The fourth-order valence-electron chi connectivity index (χ4n) is 2.33. The van der Waals surface area contributed by atoms with Crippen molar-refractivity contribution in [3.05, 3.63) is 21.9 Å². The number of ether oxygens (including phenoxy) is 1. The molecule has 1 aliphatic rings. The lowest BCUT2D eigenvalue weighted by Crippen LogP contribution is -2.59. The van der Waals surface area contributed by atoms with Crippen molar-refractivity contribution < 1.29 is 14.3 Å². The highest BCUT2D eigenvalue weighted by Gasteiger charge is 2.40. The number of rotatable bonds is 3. The number of carbonyl (C=O) groups is 2. The fraction of sp³-hybridized carbons (Fsp3) is 0.571. The molecular weight excluding hydrogens is 276 g/mol. The van der Waals surface area contributed by atoms with Crippen LogP contribution in [0.15, 0.2) is 12.1 Å². The zero-order valence-corrected chi connectivity index (χ0v) is 12.9. The van der Waals surface area contributed by atoms with E-state index in [4.69, 9.17) is 4.74 Å². The molecule has 1 fully saturated rings. The standard InChI is InChI=1S/C14H20N2O3S/c1-10-4-5-11(20-10)8-12(17)16-6-7-19-14(2,9-16)13(18)15-3/h4-5H,6-9H2,1-3H3,(H,15,18)/t14-/m1/s1. The van der Waals surface area contributed by atoms with Gasteiger partial charge in [0.25, 0.3) is 5.91 Å². The molecule has 1 N–H and O–H groups in total. The fourth-order valence-corrected chi connectivity index (χ4v) is 3.21. The van der Waals surface area contributed by atoms with Gasteiger partial charge in [0, 0.05) is 23.3 Å². The van der Waals surface area contributed by atoms with Crippen LogP contribution in [0.4, 0.5) is 0 Å². The second-order valence-corrected chi connectivity index (χ2v) is 6.54. The van der Waals surface area contributed by atoms with Crippen LogP contribution in [0.1, 0.15) is 16.7 Å². The minimum atomic E-state index is -0.950. The maximum atomic E-state index is 12.3. The SMILES string of the molecule is CNC(=O)[C@@]1(C)CN(C(=O)Cc2ccc(C)s2)CCO1. The number of thiophene rings is 1. The Morgan fingerprint density at radius 1 is 1.50 bits per heavy atom. The van der Waals surface area contributed by atoms with E-state index in [1.807, 2.05) is 19.1 Å². The van der Waals surface area contributed by atoms with E-state index in [1.54, 1.807) is 30.2 Å². The van der Waals surface area contributed by atoms with Crippen LogP contribution in [0, 0.1) is 6.92 Å². The average Bonchev–Trinajstić information content (AvgIpc) is 2.83. The van der Waals surface area contributed by atoms with Crippen molar-refractivity contribution in [1.29, 1.82) is 0 Å². The Balaban J connectivity index is 2.01. The number of hydrogen-bond acceptors (Lipinski definition) is 4. The van der Waals surface area contributed by atoms with Crippen LogP contribution in [0.2, 0.25) is 0 Å². The normalized spacial score (nSPS) is 22.6. The Kier molecular flexibility index (Phi) is 4.45. The quantitative estimate of drug-likeness (QED) is 0.904. The molecule has 6 heteroatoms. The summed E-state index contributed by atoms with van der Waals surface area (Å²) in [5.74, 6) is -0.146. The van der Waals surface area contributed by atoms with Gasteiger partial charge in [-0.15, -0.1) is 11.3 Å². The first-order valence-electron chi connectivity index (χ1n) is 6.64. The molecule has 5 nitrogen and oxygen atoms in total. The van der Waals surface area contributed by atoms with Gasteiger partial charge < -0.3 is 15.0 Å². The molecule has 1 saturated heterocycles. The first kappa shape index (κ1) is 15.0. The van der Waals surface area contributed by atoms with E-state index >= 15 is 0 Å². The number of aryl methyl sites for hydroxylation is 1. The van der Waals surface area contributed by atoms with Crippen LogP contribution in [0.3, 0.4) is 0 Å². The summed E-state index contributed by atoms with van der Waals surface area (Å²) in [7, 11) is 1.58. The molecule has 0 bridgehead atoms. The molecular formula is C14H20N2O3S. The Hall–Kier alpha value is -1.40. The van der Waals surface area contributed by atoms with Crippen molar-refractivity contribution >= 4 is 23.2 Å². The van der Waals surface area contributed by atoms with Gasteiger partial charge in [-0.25, -0.2) is 0 Å². The molecule has 0 unspecified atom stereocenters. The predicted molar refractivity (Wildman–Crippen MR) is 77.8 cm³/mol. The summed E-state index contributed by atoms with van der Waals surface area (Å²) in [5, 5.41) is 2.59. The summed E-state index contributed by atoms with van der Waals surface area (Å²) < 4.78 is 5.55. The number of nitrogens with one attached hydrogen (secondary N) is 1. The highest BCUT2D eigenvalue weighted by molar-refractivity contribution is 7.12. The van der Waals surface area contributed by atoms with Gasteiger partial charge in [0.1, 0.15) is 0 Å². The molecule has 0 aromatic carbocycles. The molecule has 0 aliphatic carbocycles. The molecule has 1 atom stereocenters. The van der Waals surface area contributed by atoms with E-state index in [9.17, 15) is 9.59 Å². The maximum absolute atomic E-state index is 12.3. The summed E-state index contributed by atoms with van der Waals surface area (Å²) in [5.41, 5.74) is -0.950. The number of hydrogen-bond donors (Lipinski definition) is 1. The molecule has 0 radical (unpaired) electrons. The van der Waals surface area contributed by atoms with Gasteiger partial charge in [-0.3, -0.25) is 9.59 Å². The molecule has 0 spiro atoms. The van der Waals surface area contributed by atoms with Gasteiger partial charge in [-0.05, 0) is 26.0 Å². The van der Waals surface area contributed by atoms with Gasteiger partial charge in [0.05, 0.1) is 19.6 Å². The summed E-state index contributed by atoms with van der Waals surface area (Å²) in [6.07, 6.45) is 0.391. The third-order valence-corrected chi connectivity index (χ3v) is 4.46. The summed E-state index contributed by atoms with van der Waals surface area (Å²) >= 11 is 1.63. The zero-order valence-electron chi connectivity index (χ0n) is 12.1. The van der Waals surface area contributed by atoms with Crippen LogP contribution < -0.4 is 5.32 Å². The minimum Gasteiger partial charge on any atom is -0.362 e. The number of likely N-dealkylation sites (N-methyl/N-ethyl adjacent to an activating group) is 1. The van der Waals surface area contributed by atoms with Crippen LogP contribution in [0.25, 0.3) is 0 Å². The largest absolute Gasteiger partial charge is 0.362 e. The van der Waals surface area contributed by atoms with Gasteiger partial charge in [-0.1, -0.05) is 0 Å². The zero-order chi connectivity index (χ0) is 14.8. The van der Waals surface area contributed by atoms with Crippen LogP contribution in [-0.4, -0.2) is 49.1 Å². The third kappa shape index (κ3) is 3.19. The van der Waals surface area contributed by atoms with E-state index in [0.717, 1.165) is 4.88 Å². The summed E-state index contributed by atoms with van der Waals surface area (Å²) in [4.78, 5) is 28.1. The molecule has 1 aliphatic heterocycles. The van der Waals surface area contributed by atoms with E-state index in [2.05, 4.69) is 5.32 Å². The Morgan fingerprint density at radius 3 is 2.85 bits per heavy atom. The van der Waals surface area contributed by atoms with Crippen molar-refractivity contribution in [2.75, 3.05) is 26.7 Å². The number of morpholine rings is 1. The minimum absolute atomic E-state index is 0.0466. The highest BCUT2D eigenvalue weighted by atomic mass is 32.1. The lowest BCUT2D eigenvalue weighted by atomic mass is 10.0.